The van der Waals surface area contributed by atoms with Gasteiger partial charge in [0.25, 0.3) is 11.8 Å². The number of rotatable bonds is 5. The molecule has 0 fully saturated rings. The van der Waals surface area contributed by atoms with E-state index in [0.29, 0.717) is 16.0 Å². The van der Waals surface area contributed by atoms with E-state index in [9.17, 15) is 14.4 Å². The SMILES string of the molecule is Cc1nn(-c2ccccc2)c2sc(C(=O)OCCN3C(=O)C4=C(C3=O)C3c5ccccc5C4c4ccccc43)cc12. The van der Waals surface area contributed by atoms with E-state index >= 15 is 0 Å². The Labute approximate surface area is 239 Å². The fourth-order valence-corrected chi connectivity index (χ4v) is 7.67. The number of aryl methyl sites for hydroxylation is 1. The first-order chi connectivity index (χ1) is 20.0. The maximum absolute atomic E-state index is 13.7. The number of thiophene rings is 1. The van der Waals surface area contributed by atoms with Gasteiger partial charge in [-0.05, 0) is 47.4 Å². The second kappa shape index (κ2) is 8.84. The quantitative estimate of drug-likeness (QED) is 0.210. The highest BCUT2D eigenvalue weighted by Gasteiger charge is 2.53. The van der Waals surface area contributed by atoms with Crippen LogP contribution in [-0.4, -0.2) is 45.6 Å². The van der Waals surface area contributed by atoms with Crippen molar-refractivity contribution in [2.75, 3.05) is 13.2 Å². The van der Waals surface area contributed by atoms with Gasteiger partial charge >= 0.3 is 5.97 Å². The van der Waals surface area contributed by atoms with Crippen LogP contribution in [0.4, 0.5) is 0 Å². The molecule has 2 amide bonds. The molecule has 0 unspecified atom stereocenters. The van der Waals surface area contributed by atoms with Crippen LogP contribution in [0.3, 0.4) is 0 Å². The summed E-state index contributed by atoms with van der Waals surface area (Å²) in [5.74, 6) is -1.60. The zero-order valence-electron chi connectivity index (χ0n) is 22.0. The standard InChI is InChI=1S/C33H23N3O4S/c1-18-24-17-25(41-32(24)36(34-18)19-9-3-2-4-10-19)33(39)40-16-15-35-30(37)28-26-20-11-5-6-12-21(20)27(29(28)31(35)38)23-14-8-7-13-22(23)26/h2-14,17,26-27H,15-16H2,1H3. The molecular weight excluding hydrogens is 534 g/mol. The highest BCUT2D eigenvalue weighted by molar-refractivity contribution is 7.20. The molecule has 0 atom stereocenters. The van der Waals surface area contributed by atoms with Crippen LogP contribution >= 0.6 is 11.3 Å². The Hall–Kier alpha value is -4.82. The van der Waals surface area contributed by atoms with Crippen molar-refractivity contribution in [2.24, 2.45) is 0 Å². The lowest BCUT2D eigenvalue weighted by Crippen LogP contribution is -2.35. The van der Waals surface area contributed by atoms with Crippen molar-refractivity contribution >= 4 is 39.3 Å². The van der Waals surface area contributed by atoms with E-state index in [0.717, 1.165) is 43.9 Å². The van der Waals surface area contributed by atoms with E-state index in [1.807, 2.05) is 66.2 Å². The van der Waals surface area contributed by atoms with Crippen molar-refractivity contribution in [3.05, 3.63) is 129 Å². The smallest absolute Gasteiger partial charge is 0.348 e. The third-order valence-corrected chi connectivity index (χ3v) is 9.44. The zero-order chi connectivity index (χ0) is 27.8. The van der Waals surface area contributed by atoms with Crippen molar-refractivity contribution in [1.82, 2.24) is 14.7 Å². The van der Waals surface area contributed by atoms with Gasteiger partial charge < -0.3 is 4.74 Å². The molecule has 9 rings (SSSR count). The monoisotopic (exact) mass is 557 g/mol. The first-order valence-corrected chi connectivity index (χ1v) is 14.3. The molecule has 0 N–H and O–H groups in total. The summed E-state index contributed by atoms with van der Waals surface area (Å²) in [4.78, 5) is 43.0. The summed E-state index contributed by atoms with van der Waals surface area (Å²) < 4.78 is 7.42. The third-order valence-electron chi connectivity index (χ3n) is 8.35. The Balaban J connectivity index is 1.02. The van der Waals surface area contributed by atoms with Gasteiger partial charge in [-0.15, -0.1) is 11.3 Å². The molecule has 3 heterocycles. The molecular formula is C33H23N3O4S. The predicted molar refractivity (Wildman–Crippen MR) is 154 cm³/mol. The molecule has 2 bridgehead atoms. The van der Waals surface area contributed by atoms with E-state index in [2.05, 4.69) is 29.4 Å². The Bertz CT molecular complexity index is 1850. The van der Waals surface area contributed by atoms with Crippen LogP contribution in [0.2, 0.25) is 0 Å². The molecule has 3 aliphatic carbocycles. The number of aromatic nitrogens is 2. The highest BCUT2D eigenvalue weighted by Crippen LogP contribution is 2.57. The Morgan fingerprint density at radius 3 is 1.93 bits per heavy atom. The largest absolute Gasteiger partial charge is 0.460 e. The number of hydrogen-bond acceptors (Lipinski definition) is 6. The molecule has 4 aliphatic rings. The number of hydrogen-bond donors (Lipinski definition) is 0. The fourth-order valence-electron chi connectivity index (χ4n) is 6.60. The summed E-state index contributed by atoms with van der Waals surface area (Å²) in [5.41, 5.74) is 7.19. The number of benzene rings is 3. The molecule has 8 heteroatoms. The molecule has 5 aromatic rings. The molecule has 0 radical (unpaired) electrons. The summed E-state index contributed by atoms with van der Waals surface area (Å²) in [6, 6.07) is 27.7. The Morgan fingerprint density at radius 2 is 1.37 bits per heavy atom. The highest BCUT2D eigenvalue weighted by atomic mass is 32.1. The summed E-state index contributed by atoms with van der Waals surface area (Å²) in [5, 5.41) is 5.51. The van der Waals surface area contributed by atoms with Crippen molar-refractivity contribution in [3.63, 3.8) is 0 Å². The number of ether oxygens (including phenoxy) is 1. The van der Waals surface area contributed by atoms with Crippen LogP contribution in [0.5, 0.6) is 0 Å². The third kappa shape index (κ3) is 3.37. The molecule has 41 heavy (non-hydrogen) atoms. The minimum absolute atomic E-state index is 0.00422. The van der Waals surface area contributed by atoms with Gasteiger partial charge in [0.05, 0.1) is 17.9 Å². The Morgan fingerprint density at radius 1 is 0.829 bits per heavy atom. The van der Waals surface area contributed by atoms with Gasteiger partial charge in [-0.1, -0.05) is 66.7 Å². The first kappa shape index (κ1) is 24.0. The lowest BCUT2D eigenvalue weighted by Gasteiger charge is -2.39. The van der Waals surface area contributed by atoms with E-state index in [4.69, 9.17) is 4.74 Å². The minimum Gasteiger partial charge on any atom is -0.460 e. The van der Waals surface area contributed by atoms with Gasteiger partial charge in [0.1, 0.15) is 16.3 Å². The molecule has 0 saturated carbocycles. The fraction of sp³-hybridized carbons (Fsp3) is 0.152. The van der Waals surface area contributed by atoms with Gasteiger partial charge in [0, 0.05) is 28.4 Å². The number of imide groups is 1. The number of carbonyl (C=O) groups is 3. The number of nitrogens with zero attached hydrogens (tertiary/aromatic N) is 3. The zero-order valence-corrected chi connectivity index (χ0v) is 22.9. The lowest BCUT2D eigenvalue weighted by atomic mass is 9.61. The lowest BCUT2D eigenvalue weighted by molar-refractivity contribution is -0.138. The van der Waals surface area contributed by atoms with Crippen molar-refractivity contribution in [1.29, 1.82) is 0 Å². The number of esters is 1. The van der Waals surface area contributed by atoms with Gasteiger partial charge in [-0.25, -0.2) is 9.48 Å². The maximum Gasteiger partial charge on any atom is 0.348 e. The second-order valence-corrected chi connectivity index (χ2v) is 11.5. The first-order valence-electron chi connectivity index (χ1n) is 13.5. The second-order valence-electron chi connectivity index (χ2n) is 10.5. The van der Waals surface area contributed by atoms with Crippen molar-refractivity contribution < 1.29 is 19.1 Å². The number of amides is 2. The summed E-state index contributed by atoms with van der Waals surface area (Å²) >= 11 is 1.31. The average Bonchev–Trinajstić information content (AvgIpc) is 3.66. The molecule has 7 nitrogen and oxygen atoms in total. The minimum atomic E-state index is -0.484. The molecule has 0 saturated heterocycles. The normalized spacial score (nSPS) is 18.6. The van der Waals surface area contributed by atoms with Crippen LogP contribution in [0, 0.1) is 6.92 Å². The van der Waals surface area contributed by atoms with Crippen LogP contribution in [0.15, 0.2) is 96.1 Å². The van der Waals surface area contributed by atoms with Crippen LogP contribution < -0.4 is 0 Å². The van der Waals surface area contributed by atoms with Gasteiger partial charge in [0.2, 0.25) is 0 Å². The van der Waals surface area contributed by atoms with Crippen LogP contribution in [-0.2, 0) is 14.3 Å². The van der Waals surface area contributed by atoms with E-state index in [1.54, 1.807) is 6.07 Å². The summed E-state index contributed by atoms with van der Waals surface area (Å²) in [7, 11) is 0. The molecule has 3 aromatic carbocycles. The topological polar surface area (TPSA) is 81.5 Å². The number of para-hydroxylation sites is 1. The molecule has 0 spiro atoms. The van der Waals surface area contributed by atoms with E-state index < -0.39 is 5.97 Å². The summed E-state index contributed by atoms with van der Waals surface area (Å²) in [6.07, 6.45) is 0. The van der Waals surface area contributed by atoms with Crippen molar-refractivity contribution in [3.8, 4) is 5.69 Å². The molecule has 2 aromatic heterocycles. The molecule has 200 valence electrons. The van der Waals surface area contributed by atoms with Gasteiger partial charge in [0.15, 0.2) is 0 Å². The maximum atomic E-state index is 13.7. The Kier molecular flexibility index (Phi) is 5.18. The van der Waals surface area contributed by atoms with Crippen LogP contribution in [0.25, 0.3) is 15.9 Å². The molecule has 1 aliphatic heterocycles. The van der Waals surface area contributed by atoms with E-state index in [1.165, 1.54) is 16.2 Å². The van der Waals surface area contributed by atoms with Crippen molar-refractivity contribution in [2.45, 2.75) is 18.8 Å². The van der Waals surface area contributed by atoms with Crippen LogP contribution in [0.1, 0.15) is 49.5 Å². The average molecular weight is 558 g/mol. The predicted octanol–water partition coefficient (Wildman–Crippen LogP) is 5.51. The number of carbonyl (C=O) groups excluding carboxylic acids is 3. The van der Waals surface area contributed by atoms with Gasteiger partial charge in [-0.2, -0.15) is 5.10 Å². The summed E-state index contributed by atoms with van der Waals surface area (Å²) in [6.45, 7) is 1.83. The van der Waals surface area contributed by atoms with E-state index in [-0.39, 0.29) is 36.8 Å². The number of fused-ring (bicyclic) bond motifs is 1. The van der Waals surface area contributed by atoms with Gasteiger partial charge in [-0.3, -0.25) is 14.5 Å².